The van der Waals surface area contributed by atoms with Crippen molar-refractivity contribution in [2.75, 3.05) is 18.1 Å². The molecule has 2 atom stereocenters. The maximum absolute atomic E-state index is 11.5. The van der Waals surface area contributed by atoms with Gasteiger partial charge in [0, 0.05) is 11.8 Å². The van der Waals surface area contributed by atoms with Crippen LogP contribution in [-0.2, 0) is 9.84 Å². The van der Waals surface area contributed by atoms with Gasteiger partial charge in [-0.15, -0.1) is 0 Å². The van der Waals surface area contributed by atoms with E-state index >= 15 is 0 Å². The maximum Gasteiger partial charge on any atom is 0.153 e. The molecule has 0 bridgehead atoms. The summed E-state index contributed by atoms with van der Waals surface area (Å²) < 4.78 is 24.0. The van der Waals surface area contributed by atoms with Gasteiger partial charge in [-0.25, -0.2) is 8.42 Å². The van der Waals surface area contributed by atoms with E-state index in [9.17, 15) is 8.42 Å². The highest BCUT2D eigenvalue weighted by molar-refractivity contribution is 8.24. The number of thiocarbonyl (C=S) groups is 1. The molecule has 0 unspecified atom stereocenters. The van der Waals surface area contributed by atoms with Crippen molar-refractivity contribution in [1.82, 2.24) is 4.90 Å². The second kappa shape index (κ2) is 4.82. The fourth-order valence-corrected chi connectivity index (χ4v) is 6.75. The minimum absolute atomic E-state index is 0.152. The lowest BCUT2D eigenvalue weighted by Gasteiger charge is -2.23. The number of thioether (sulfide) groups is 1. The second-order valence-electron chi connectivity index (χ2n) is 4.47. The number of hydrogen-bond donors (Lipinski definition) is 0. The van der Waals surface area contributed by atoms with Crippen molar-refractivity contribution in [1.29, 1.82) is 0 Å². The van der Waals surface area contributed by atoms with Gasteiger partial charge in [0.1, 0.15) is 4.32 Å². The van der Waals surface area contributed by atoms with Crippen molar-refractivity contribution in [2.24, 2.45) is 0 Å². The van der Waals surface area contributed by atoms with Crippen molar-refractivity contribution in [3.63, 3.8) is 0 Å². The van der Waals surface area contributed by atoms with Crippen LogP contribution in [-0.4, -0.2) is 47.0 Å². The molecule has 0 radical (unpaired) electrons. The Morgan fingerprint density at radius 2 is 2.19 bits per heavy atom. The van der Waals surface area contributed by atoms with Gasteiger partial charge in [0.25, 0.3) is 0 Å². The Labute approximate surface area is 107 Å². The van der Waals surface area contributed by atoms with Gasteiger partial charge in [-0.1, -0.05) is 43.7 Å². The van der Waals surface area contributed by atoms with E-state index < -0.39 is 9.84 Å². The molecule has 92 valence electrons. The van der Waals surface area contributed by atoms with E-state index in [0.717, 1.165) is 17.3 Å². The molecule has 0 amide bonds. The topological polar surface area (TPSA) is 37.4 Å². The van der Waals surface area contributed by atoms with Gasteiger partial charge in [-0.2, -0.15) is 0 Å². The van der Waals surface area contributed by atoms with E-state index in [1.54, 1.807) is 11.8 Å². The first-order chi connectivity index (χ1) is 7.53. The van der Waals surface area contributed by atoms with Crippen LogP contribution in [0.4, 0.5) is 0 Å². The van der Waals surface area contributed by atoms with Crippen LogP contribution in [0.5, 0.6) is 0 Å². The molecule has 0 aromatic rings. The number of rotatable bonds is 4. The van der Waals surface area contributed by atoms with Gasteiger partial charge in [0.15, 0.2) is 9.84 Å². The SMILES string of the molecule is CCCCCN1C(=S)S[C@H]2CS(=O)(=O)C[C@H]21. The lowest BCUT2D eigenvalue weighted by molar-refractivity contribution is 0.352. The third-order valence-corrected chi connectivity index (χ3v) is 6.83. The summed E-state index contributed by atoms with van der Waals surface area (Å²) in [7, 11) is -2.81. The van der Waals surface area contributed by atoms with Crippen LogP contribution >= 0.6 is 24.0 Å². The van der Waals surface area contributed by atoms with Crippen LogP contribution in [0.15, 0.2) is 0 Å². The predicted molar refractivity (Wildman–Crippen MR) is 72.6 cm³/mol. The van der Waals surface area contributed by atoms with Gasteiger partial charge in [-0.3, -0.25) is 0 Å². The molecule has 3 nitrogen and oxygen atoms in total. The molecule has 0 aromatic carbocycles. The Bertz CT molecular complexity index is 380. The van der Waals surface area contributed by atoms with E-state index in [1.807, 2.05) is 0 Å². The fourth-order valence-electron chi connectivity index (χ4n) is 2.32. The molecule has 2 saturated heterocycles. The minimum Gasteiger partial charge on any atom is -0.352 e. The van der Waals surface area contributed by atoms with E-state index in [1.165, 1.54) is 12.8 Å². The standard InChI is InChI=1S/C10H17NO2S3/c1-2-3-4-5-11-8-6-16(12,13)7-9(8)15-10(11)14/h8-9H,2-7H2,1H3/t8-,9+/m1/s1. The molecule has 2 aliphatic rings. The van der Waals surface area contributed by atoms with E-state index in [-0.39, 0.29) is 11.3 Å². The van der Waals surface area contributed by atoms with Gasteiger partial charge < -0.3 is 4.90 Å². The summed E-state index contributed by atoms with van der Waals surface area (Å²) in [6.07, 6.45) is 3.48. The molecule has 0 aliphatic carbocycles. The lowest BCUT2D eigenvalue weighted by Crippen LogP contribution is -2.37. The lowest BCUT2D eigenvalue weighted by atomic mass is 10.2. The van der Waals surface area contributed by atoms with Crippen LogP contribution in [0.2, 0.25) is 0 Å². The second-order valence-corrected chi connectivity index (χ2v) is 8.49. The number of sulfone groups is 1. The average Bonchev–Trinajstić information content (AvgIpc) is 2.60. The molecule has 6 heteroatoms. The third kappa shape index (κ3) is 2.54. The predicted octanol–water partition coefficient (Wildman–Crippen LogP) is 1.68. The monoisotopic (exact) mass is 279 g/mol. The van der Waals surface area contributed by atoms with Crippen molar-refractivity contribution in [2.45, 2.75) is 37.5 Å². The highest BCUT2D eigenvalue weighted by atomic mass is 32.2. The van der Waals surface area contributed by atoms with Crippen LogP contribution in [0.25, 0.3) is 0 Å². The Morgan fingerprint density at radius 3 is 2.88 bits per heavy atom. The first kappa shape index (κ1) is 12.6. The highest BCUT2D eigenvalue weighted by Gasteiger charge is 2.47. The smallest absolute Gasteiger partial charge is 0.153 e. The van der Waals surface area contributed by atoms with Crippen molar-refractivity contribution in [3.05, 3.63) is 0 Å². The van der Waals surface area contributed by atoms with E-state index in [4.69, 9.17) is 12.2 Å². The largest absolute Gasteiger partial charge is 0.352 e. The van der Waals surface area contributed by atoms with Gasteiger partial charge in [0.05, 0.1) is 17.5 Å². The molecular weight excluding hydrogens is 262 g/mol. The Kier molecular flexibility index (Phi) is 3.81. The molecular formula is C10H17NO2S3. The summed E-state index contributed by atoms with van der Waals surface area (Å²) in [5, 5.41) is 0.194. The highest BCUT2D eigenvalue weighted by Crippen LogP contribution is 2.38. The molecule has 16 heavy (non-hydrogen) atoms. The first-order valence-electron chi connectivity index (χ1n) is 5.71. The van der Waals surface area contributed by atoms with Gasteiger partial charge >= 0.3 is 0 Å². The van der Waals surface area contributed by atoms with Gasteiger partial charge in [-0.05, 0) is 6.42 Å². The number of unbranched alkanes of at least 4 members (excludes halogenated alkanes) is 2. The van der Waals surface area contributed by atoms with Gasteiger partial charge in [0.2, 0.25) is 0 Å². The molecule has 2 heterocycles. The molecule has 2 fully saturated rings. The summed E-state index contributed by atoms with van der Waals surface area (Å²) in [6.45, 7) is 3.09. The third-order valence-electron chi connectivity index (χ3n) is 3.16. The van der Waals surface area contributed by atoms with E-state index in [2.05, 4.69) is 11.8 Å². The number of hydrogen-bond acceptors (Lipinski definition) is 4. The summed E-state index contributed by atoms with van der Waals surface area (Å²) in [4.78, 5) is 2.14. The van der Waals surface area contributed by atoms with Crippen molar-refractivity contribution in [3.8, 4) is 0 Å². The van der Waals surface area contributed by atoms with Crippen molar-refractivity contribution >= 4 is 38.1 Å². The fraction of sp³-hybridized carbons (Fsp3) is 0.900. The summed E-state index contributed by atoms with van der Waals surface area (Å²) in [6, 6.07) is 0.152. The summed E-state index contributed by atoms with van der Waals surface area (Å²) in [5.41, 5.74) is 0. The molecule has 0 saturated carbocycles. The van der Waals surface area contributed by atoms with Crippen LogP contribution in [0.3, 0.4) is 0 Å². The zero-order valence-electron chi connectivity index (χ0n) is 9.39. The molecule has 2 rings (SSSR count). The minimum atomic E-state index is -2.81. The van der Waals surface area contributed by atoms with Crippen LogP contribution in [0, 0.1) is 0 Å². The first-order valence-corrected chi connectivity index (χ1v) is 8.82. The van der Waals surface area contributed by atoms with Crippen LogP contribution < -0.4 is 0 Å². The maximum atomic E-state index is 11.5. The number of fused-ring (bicyclic) bond motifs is 1. The normalized spacial score (nSPS) is 32.1. The van der Waals surface area contributed by atoms with Crippen LogP contribution in [0.1, 0.15) is 26.2 Å². The zero-order chi connectivity index (χ0) is 11.8. The molecule has 0 spiro atoms. The molecule has 0 N–H and O–H groups in total. The Balaban J connectivity index is 1.99. The molecule has 0 aromatic heterocycles. The Morgan fingerprint density at radius 1 is 1.44 bits per heavy atom. The molecule has 2 aliphatic heterocycles. The Hall–Kier alpha value is 0.190. The van der Waals surface area contributed by atoms with E-state index in [0.29, 0.717) is 11.5 Å². The summed E-state index contributed by atoms with van der Waals surface area (Å²) >= 11 is 6.90. The number of nitrogens with zero attached hydrogens (tertiary/aromatic N) is 1. The summed E-state index contributed by atoms with van der Waals surface area (Å²) in [5.74, 6) is 0.615. The van der Waals surface area contributed by atoms with Crippen molar-refractivity contribution < 1.29 is 8.42 Å². The zero-order valence-corrected chi connectivity index (χ0v) is 11.8. The quantitative estimate of drug-likeness (QED) is 0.578. The average molecular weight is 279 g/mol.